The highest BCUT2D eigenvalue weighted by Gasteiger charge is 2.05. The maximum atomic E-state index is 9.14. The zero-order valence-corrected chi connectivity index (χ0v) is 11.6. The van der Waals surface area contributed by atoms with Gasteiger partial charge < -0.3 is 10.1 Å². The van der Waals surface area contributed by atoms with E-state index in [0.717, 1.165) is 11.4 Å². The Morgan fingerprint density at radius 1 is 1.16 bits per heavy atom. The highest BCUT2D eigenvalue weighted by molar-refractivity contribution is 7.98. The minimum Gasteiger partial charge on any atom is -0.456 e. The Bertz CT molecular complexity index is 603. The number of rotatable bonds is 4. The van der Waals surface area contributed by atoms with Crippen molar-refractivity contribution in [2.24, 2.45) is 0 Å². The monoisotopic (exact) mass is 270 g/mol. The van der Waals surface area contributed by atoms with Crippen LogP contribution >= 0.6 is 11.8 Å². The van der Waals surface area contributed by atoms with Crippen molar-refractivity contribution in [3.63, 3.8) is 0 Å². The molecule has 0 radical (unpaired) electrons. The lowest BCUT2D eigenvalue weighted by atomic mass is 10.2. The van der Waals surface area contributed by atoms with Crippen LogP contribution in [0.5, 0.6) is 11.5 Å². The smallest absolute Gasteiger partial charge is 0.145 e. The van der Waals surface area contributed by atoms with E-state index in [1.54, 1.807) is 23.9 Å². The molecular weight excluding hydrogens is 256 g/mol. The van der Waals surface area contributed by atoms with Crippen molar-refractivity contribution in [3.8, 4) is 17.6 Å². The van der Waals surface area contributed by atoms with Crippen molar-refractivity contribution in [2.45, 2.75) is 4.90 Å². The van der Waals surface area contributed by atoms with Crippen molar-refractivity contribution in [1.29, 1.82) is 5.26 Å². The molecule has 96 valence electrons. The number of anilines is 1. The lowest BCUT2D eigenvalue weighted by Gasteiger charge is -2.09. The molecule has 4 heteroatoms. The molecule has 0 aliphatic rings. The van der Waals surface area contributed by atoms with Gasteiger partial charge in [0.05, 0.1) is 5.56 Å². The Morgan fingerprint density at radius 3 is 2.47 bits per heavy atom. The molecule has 0 fully saturated rings. The van der Waals surface area contributed by atoms with Gasteiger partial charge in [0, 0.05) is 17.6 Å². The molecule has 0 aliphatic carbocycles. The first-order valence-electron chi connectivity index (χ1n) is 5.80. The molecule has 1 N–H and O–H groups in total. The fourth-order valence-electron chi connectivity index (χ4n) is 1.63. The molecule has 0 saturated carbocycles. The average Bonchev–Trinajstić information content (AvgIpc) is 2.48. The zero-order valence-electron chi connectivity index (χ0n) is 10.8. The molecule has 0 saturated heterocycles. The normalized spacial score (nSPS) is 9.74. The molecule has 0 unspecified atom stereocenters. The second-order valence-corrected chi connectivity index (χ2v) is 4.73. The standard InChI is InChI=1S/C15H14N2OS/c1-17-12-3-8-15(11(9-12)10-16)18-13-4-6-14(19-2)7-5-13/h3-9,17H,1-2H3. The van der Waals surface area contributed by atoms with Crippen molar-refractivity contribution in [3.05, 3.63) is 48.0 Å². The summed E-state index contributed by atoms with van der Waals surface area (Å²) in [6.45, 7) is 0. The molecule has 2 aromatic carbocycles. The summed E-state index contributed by atoms with van der Waals surface area (Å²) in [6.07, 6.45) is 2.03. The van der Waals surface area contributed by atoms with E-state index in [2.05, 4.69) is 11.4 Å². The Kier molecular flexibility index (Phi) is 4.32. The molecule has 0 atom stereocenters. The number of nitriles is 1. The van der Waals surface area contributed by atoms with Gasteiger partial charge in [-0.2, -0.15) is 5.26 Å². The Hall–Kier alpha value is -2.12. The Labute approximate surface area is 117 Å². The molecule has 0 heterocycles. The fourth-order valence-corrected chi connectivity index (χ4v) is 2.04. The number of nitrogens with one attached hydrogen (secondary N) is 1. The molecule has 3 nitrogen and oxygen atoms in total. The van der Waals surface area contributed by atoms with E-state index in [1.807, 2.05) is 43.6 Å². The topological polar surface area (TPSA) is 45.0 Å². The van der Waals surface area contributed by atoms with E-state index >= 15 is 0 Å². The van der Waals surface area contributed by atoms with Crippen LogP contribution in [0.25, 0.3) is 0 Å². The van der Waals surface area contributed by atoms with E-state index in [1.165, 1.54) is 4.90 Å². The van der Waals surface area contributed by atoms with Gasteiger partial charge in [-0.1, -0.05) is 0 Å². The predicted molar refractivity (Wildman–Crippen MR) is 79.0 cm³/mol. The van der Waals surface area contributed by atoms with E-state index in [9.17, 15) is 0 Å². The summed E-state index contributed by atoms with van der Waals surface area (Å²) >= 11 is 1.68. The van der Waals surface area contributed by atoms with Crippen LogP contribution in [0.4, 0.5) is 5.69 Å². The fraction of sp³-hybridized carbons (Fsp3) is 0.133. The van der Waals surface area contributed by atoms with Crippen LogP contribution in [-0.2, 0) is 0 Å². The SMILES string of the molecule is CNc1ccc(Oc2ccc(SC)cc2)c(C#N)c1. The summed E-state index contributed by atoms with van der Waals surface area (Å²) < 4.78 is 5.74. The third kappa shape index (κ3) is 3.21. The predicted octanol–water partition coefficient (Wildman–Crippen LogP) is 4.11. The van der Waals surface area contributed by atoms with Gasteiger partial charge in [-0.3, -0.25) is 0 Å². The highest BCUT2D eigenvalue weighted by Crippen LogP contribution is 2.28. The molecule has 19 heavy (non-hydrogen) atoms. The van der Waals surface area contributed by atoms with Gasteiger partial charge in [0.2, 0.25) is 0 Å². The van der Waals surface area contributed by atoms with Crippen LogP contribution in [0, 0.1) is 11.3 Å². The first kappa shape index (κ1) is 13.3. The van der Waals surface area contributed by atoms with Crippen LogP contribution in [0.2, 0.25) is 0 Å². The summed E-state index contributed by atoms with van der Waals surface area (Å²) in [5.74, 6) is 1.30. The van der Waals surface area contributed by atoms with Crippen molar-refractivity contribution in [2.75, 3.05) is 18.6 Å². The van der Waals surface area contributed by atoms with E-state index in [-0.39, 0.29) is 0 Å². The third-order valence-corrected chi connectivity index (χ3v) is 3.42. The van der Waals surface area contributed by atoms with Gasteiger partial charge in [0.15, 0.2) is 0 Å². The van der Waals surface area contributed by atoms with Crippen LogP contribution < -0.4 is 10.1 Å². The van der Waals surface area contributed by atoms with Crippen molar-refractivity contribution >= 4 is 17.4 Å². The van der Waals surface area contributed by atoms with Crippen LogP contribution in [-0.4, -0.2) is 13.3 Å². The summed E-state index contributed by atoms with van der Waals surface area (Å²) in [6, 6.07) is 15.4. The molecule has 0 aromatic heterocycles. The van der Waals surface area contributed by atoms with Gasteiger partial charge in [0.1, 0.15) is 17.6 Å². The first-order chi connectivity index (χ1) is 9.26. The molecule has 2 rings (SSSR count). The minimum atomic E-state index is 0.515. The van der Waals surface area contributed by atoms with Gasteiger partial charge in [-0.05, 0) is 48.7 Å². The summed E-state index contributed by atoms with van der Waals surface area (Å²) in [7, 11) is 1.82. The number of benzene rings is 2. The molecule has 0 amide bonds. The maximum absolute atomic E-state index is 9.14. The summed E-state index contributed by atoms with van der Waals surface area (Å²) in [4.78, 5) is 1.18. The second-order valence-electron chi connectivity index (χ2n) is 3.85. The Balaban J connectivity index is 2.25. The second kappa shape index (κ2) is 6.17. The largest absolute Gasteiger partial charge is 0.456 e. The minimum absolute atomic E-state index is 0.515. The van der Waals surface area contributed by atoms with E-state index < -0.39 is 0 Å². The number of hydrogen-bond acceptors (Lipinski definition) is 4. The molecular formula is C15H14N2OS. The quantitative estimate of drug-likeness (QED) is 0.849. The number of nitrogens with zero attached hydrogens (tertiary/aromatic N) is 1. The zero-order chi connectivity index (χ0) is 13.7. The molecule has 0 aliphatic heterocycles. The highest BCUT2D eigenvalue weighted by atomic mass is 32.2. The first-order valence-corrected chi connectivity index (χ1v) is 7.03. The van der Waals surface area contributed by atoms with Crippen molar-refractivity contribution < 1.29 is 4.74 Å². The molecule has 0 spiro atoms. The molecule has 0 bridgehead atoms. The van der Waals surface area contributed by atoms with Gasteiger partial charge >= 0.3 is 0 Å². The number of thioether (sulfide) groups is 1. The maximum Gasteiger partial charge on any atom is 0.145 e. The number of ether oxygens (including phenoxy) is 1. The van der Waals surface area contributed by atoms with E-state index in [0.29, 0.717) is 11.3 Å². The summed E-state index contributed by atoms with van der Waals surface area (Å²) in [5, 5.41) is 12.1. The average molecular weight is 270 g/mol. The van der Waals surface area contributed by atoms with Gasteiger partial charge in [-0.15, -0.1) is 11.8 Å². The summed E-state index contributed by atoms with van der Waals surface area (Å²) in [5.41, 5.74) is 1.41. The Morgan fingerprint density at radius 2 is 1.89 bits per heavy atom. The van der Waals surface area contributed by atoms with Crippen LogP contribution in [0.1, 0.15) is 5.56 Å². The van der Waals surface area contributed by atoms with Crippen LogP contribution in [0.15, 0.2) is 47.4 Å². The molecule has 2 aromatic rings. The van der Waals surface area contributed by atoms with Gasteiger partial charge in [0.25, 0.3) is 0 Å². The van der Waals surface area contributed by atoms with Gasteiger partial charge in [-0.25, -0.2) is 0 Å². The van der Waals surface area contributed by atoms with Crippen molar-refractivity contribution in [1.82, 2.24) is 0 Å². The van der Waals surface area contributed by atoms with Crippen LogP contribution in [0.3, 0.4) is 0 Å². The van der Waals surface area contributed by atoms with E-state index in [4.69, 9.17) is 10.00 Å². The lowest BCUT2D eigenvalue weighted by Crippen LogP contribution is -1.92. The number of hydrogen-bond donors (Lipinski definition) is 1. The third-order valence-electron chi connectivity index (χ3n) is 2.68. The lowest BCUT2D eigenvalue weighted by molar-refractivity contribution is 0.481.